The van der Waals surface area contributed by atoms with Crippen molar-refractivity contribution < 1.29 is 8.42 Å². The first-order valence-electron chi connectivity index (χ1n) is 6.88. The molecule has 5 heteroatoms. The molecule has 0 amide bonds. The van der Waals surface area contributed by atoms with Gasteiger partial charge >= 0.3 is 0 Å². The van der Waals surface area contributed by atoms with E-state index in [-0.39, 0.29) is 0 Å². The third-order valence-electron chi connectivity index (χ3n) is 4.71. The molecular weight excluding hydrogens is 248 g/mol. The van der Waals surface area contributed by atoms with Gasteiger partial charge in [0.25, 0.3) is 0 Å². The van der Waals surface area contributed by atoms with Crippen LogP contribution in [0.5, 0.6) is 0 Å². The van der Waals surface area contributed by atoms with Gasteiger partial charge in [-0.15, -0.1) is 0 Å². The highest BCUT2D eigenvalue weighted by molar-refractivity contribution is 7.88. The molecule has 1 saturated carbocycles. The van der Waals surface area contributed by atoms with E-state index >= 15 is 0 Å². The highest BCUT2D eigenvalue weighted by Crippen LogP contribution is 2.43. The Morgan fingerprint density at radius 3 is 2.33 bits per heavy atom. The second-order valence-electron chi connectivity index (χ2n) is 6.00. The lowest BCUT2D eigenvalue weighted by atomic mass is 9.93. The minimum Gasteiger partial charge on any atom is -0.300 e. The van der Waals surface area contributed by atoms with Gasteiger partial charge in [0.2, 0.25) is 10.0 Å². The number of sulfonamides is 1. The Bertz CT molecular complexity index is 438. The molecule has 102 valence electrons. The standard InChI is InChI=1S/C13H22N2O2S/c1-18(16,17)15-6-4-14(5-7-15)10-13-9-11-2-3-12(13)8-11/h2-3,11-13H,4-10H2,1H3/t11-,12+,13-/m1/s1. The van der Waals surface area contributed by atoms with Gasteiger partial charge in [-0.25, -0.2) is 8.42 Å². The Morgan fingerprint density at radius 1 is 1.11 bits per heavy atom. The summed E-state index contributed by atoms with van der Waals surface area (Å²) in [6, 6.07) is 0. The minimum atomic E-state index is -2.99. The maximum atomic E-state index is 11.4. The summed E-state index contributed by atoms with van der Waals surface area (Å²) in [5, 5.41) is 0. The molecule has 2 aliphatic carbocycles. The van der Waals surface area contributed by atoms with Crippen LogP contribution in [0.4, 0.5) is 0 Å². The summed E-state index contributed by atoms with van der Waals surface area (Å²) in [6.45, 7) is 4.27. The zero-order valence-electron chi connectivity index (χ0n) is 11.0. The molecule has 18 heavy (non-hydrogen) atoms. The number of hydrogen-bond acceptors (Lipinski definition) is 3. The van der Waals surface area contributed by atoms with Crippen LogP contribution in [0, 0.1) is 17.8 Å². The topological polar surface area (TPSA) is 40.6 Å². The molecule has 0 N–H and O–H groups in total. The molecule has 3 rings (SSSR count). The monoisotopic (exact) mass is 270 g/mol. The van der Waals surface area contributed by atoms with Gasteiger partial charge < -0.3 is 4.90 Å². The van der Waals surface area contributed by atoms with E-state index in [2.05, 4.69) is 17.1 Å². The van der Waals surface area contributed by atoms with Crippen molar-refractivity contribution in [1.82, 2.24) is 9.21 Å². The fraction of sp³-hybridized carbons (Fsp3) is 0.846. The second kappa shape index (κ2) is 4.62. The second-order valence-corrected chi connectivity index (χ2v) is 7.99. The molecule has 2 bridgehead atoms. The van der Waals surface area contributed by atoms with Crippen LogP contribution in [0.1, 0.15) is 12.8 Å². The van der Waals surface area contributed by atoms with Gasteiger partial charge in [0.15, 0.2) is 0 Å². The first-order chi connectivity index (χ1) is 8.52. The zero-order valence-corrected chi connectivity index (χ0v) is 11.8. The summed E-state index contributed by atoms with van der Waals surface area (Å²) in [5.41, 5.74) is 0. The molecule has 0 spiro atoms. The van der Waals surface area contributed by atoms with Gasteiger partial charge in [0.1, 0.15) is 0 Å². The van der Waals surface area contributed by atoms with E-state index in [1.54, 1.807) is 4.31 Å². The first kappa shape index (κ1) is 12.6. The normalized spacial score (nSPS) is 37.5. The number of allylic oxidation sites excluding steroid dienone is 2. The highest BCUT2D eigenvalue weighted by atomic mass is 32.2. The summed E-state index contributed by atoms with van der Waals surface area (Å²) in [5.74, 6) is 2.44. The molecule has 1 heterocycles. The van der Waals surface area contributed by atoms with Crippen molar-refractivity contribution >= 4 is 10.0 Å². The van der Waals surface area contributed by atoms with E-state index in [9.17, 15) is 8.42 Å². The predicted octanol–water partition coefficient (Wildman–Crippen LogP) is 0.776. The smallest absolute Gasteiger partial charge is 0.211 e. The molecule has 0 aromatic heterocycles. The van der Waals surface area contributed by atoms with Gasteiger partial charge in [-0.2, -0.15) is 4.31 Å². The summed E-state index contributed by atoms with van der Waals surface area (Å²) in [4.78, 5) is 2.45. The summed E-state index contributed by atoms with van der Waals surface area (Å²) < 4.78 is 24.5. The molecule has 0 aromatic carbocycles. The maximum Gasteiger partial charge on any atom is 0.211 e. The number of hydrogen-bond donors (Lipinski definition) is 0. The predicted molar refractivity (Wildman–Crippen MR) is 71.7 cm³/mol. The van der Waals surface area contributed by atoms with Gasteiger partial charge in [0.05, 0.1) is 6.26 Å². The molecule has 1 aliphatic heterocycles. The fourth-order valence-electron chi connectivity index (χ4n) is 3.68. The van der Waals surface area contributed by atoms with Crippen LogP contribution >= 0.6 is 0 Å². The highest BCUT2D eigenvalue weighted by Gasteiger charge is 2.37. The molecule has 0 aromatic rings. The Balaban J connectivity index is 1.50. The van der Waals surface area contributed by atoms with Crippen molar-refractivity contribution in [2.24, 2.45) is 17.8 Å². The molecule has 4 nitrogen and oxygen atoms in total. The SMILES string of the molecule is CS(=O)(=O)N1CCN(C[C@H]2C[C@@H]3C=C[C@H]2C3)CC1. The van der Waals surface area contributed by atoms with E-state index in [4.69, 9.17) is 0 Å². The summed E-state index contributed by atoms with van der Waals surface area (Å²) in [7, 11) is -2.99. The van der Waals surface area contributed by atoms with Gasteiger partial charge in [-0.1, -0.05) is 12.2 Å². The lowest BCUT2D eigenvalue weighted by molar-refractivity contribution is 0.156. The van der Waals surface area contributed by atoms with Crippen LogP contribution in [0.25, 0.3) is 0 Å². The molecule has 3 atom stereocenters. The average molecular weight is 270 g/mol. The van der Waals surface area contributed by atoms with E-state index in [1.165, 1.54) is 19.1 Å². The molecule has 0 unspecified atom stereocenters. The van der Waals surface area contributed by atoms with Crippen molar-refractivity contribution in [3.63, 3.8) is 0 Å². The van der Waals surface area contributed by atoms with E-state index < -0.39 is 10.0 Å². The van der Waals surface area contributed by atoms with Gasteiger partial charge in [0, 0.05) is 32.7 Å². The van der Waals surface area contributed by atoms with Crippen LogP contribution in [-0.4, -0.2) is 56.6 Å². The number of fused-ring (bicyclic) bond motifs is 2. The number of rotatable bonds is 3. The van der Waals surface area contributed by atoms with Crippen molar-refractivity contribution in [1.29, 1.82) is 0 Å². The Kier molecular flexibility index (Phi) is 3.24. The zero-order chi connectivity index (χ0) is 12.8. The number of piperazine rings is 1. The molecule has 2 fully saturated rings. The van der Waals surface area contributed by atoms with Crippen molar-refractivity contribution in [3.05, 3.63) is 12.2 Å². The van der Waals surface area contributed by atoms with E-state index in [0.29, 0.717) is 13.1 Å². The average Bonchev–Trinajstić information content (AvgIpc) is 2.90. The Hall–Kier alpha value is -0.390. The Morgan fingerprint density at radius 2 is 1.83 bits per heavy atom. The maximum absolute atomic E-state index is 11.4. The van der Waals surface area contributed by atoms with Gasteiger partial charge in [-0.05, 0) is 30.6 Å². The van der Waals surface area contributed by atoms with Crippen molar-refractivity contribution in [3.8, 4) is 0 Å². The summed E-state index contributed by atoms with van der Waals surface area (Å²) >= 11 is 0. The minimum absolute atomic E-state index is 0.662. The quantitative estimate of drug-likeness (QED) is 0.712. The lowest BCUT2D eigenvalue weighted by Gasteiger charge is -2.35. The molecule has 3 aliphatic rings. The first-order valence-corrected chi connectivity index (χ1v) is 8.73. The third-order valence-corrected chi connectivity index (χ3v) is 6.01. The number of nitrogens with zero attached hydrogens (tertiary/aromatic N) is 2. The largest absolute Gasteiger partial charge is 0.300 e. The summed E-state index contributed by atoms with van der Waals surface area (Å²) in [6.07, 6.45) is 8.78. The van der Waals surface area contributed by atoms with E-state index in [0.717, 1.165) is 37.4 Å². The lowest BCUT2D eigenvalue weighted by Crippen LogP contribution is -2.49. The fourth-order valence-corrected chi connectivity index (χ4v) is 4.51. The van der Waals surface area contributed by atoms with Crippen LogP contribution in [0.3, 0.4) is 0 Å². The Labute approximate surface area is 110 Å². The van der Waals surface area contributed by atoms with Crippen molar-refractivity contribution in [2.75, 3.05) is 39.0 Å². The molecule has 1 saturated heterocycles. The van der Waals surface area contributed by atoms with Crippen molar-refractivity contribution in [2.45, 2.75) is 12.8 Å². The third kappa shape index (κ3) is 2.49. The van der Waals surface area contributed by atoms with Crippen LogP contribution in [-0.2, 0) is 10.0 Å². The van der Waals surface area contributed by atoms with Crippen LogP contribution in [0.15, 0.2) is 12.2 Å². The molecule has 0 radical (unpaired) electrons. The van der Waals surface area contributed by atoms with Gasteiger partial charge in [-0.3, -0.25) is 0 Å². The van der Waals surface area contributed by atoms with Crippen LogP contribution in [0.2, 0.25) is 0 Å². The molecular formula is C13H22N2O2S. The van der Waals surface area contributed by atoms with Crippen LogP contribution < -0.4 is 0 Å². The van der Waals surface area contributed by atoms with E-state index in [1.807, 2.05) is 0 Å².